The summed E-state index contributed by atoms with van der Waals surface area (Å²) < 4.78 is 91.0. The Labute approximate surface area is 197 Å². The van der Waals surface area contributed by atoms with Crippen LogP contribution in [-0.4, -0.2) is 61.6 Å². The highest BCUT2D eigenvalue weighted by Gasteiger charge is 2.59. The minimum Gasteiger partial charge on any atom is -0.314 e. The smallest absolute Gasteiger partial charge is 0.314 e. The lowest BCUT2D eigenvalue weighted by atomic mass is 10.0. The van der Waals surface area contributed by atoms with Crippen LogP contribution < -0.4 is 9.80 Å². The summed E-state index contributed by atoms with van der Waals surface area (Å²) in [5.74, 6) is -6.72. The highest BCUT2D eigenvalue weighted by atomic mass is 32.2. The van der Waals surface area contributed by atoms with Crippen molar-refractivity contribution < 1.29 is 40.0 Å². The van der Waals surface area contributed by atoms with Gasteiger partial charge in [0.25, 0.3) is 0 Å². The van der Waals surface area contributed by atoms with Gasteiger partial charge in [0.2, 0.25) is 11.8 Å². The summed E-state index contributed by atoms with van der Waals surface area (Å²) in [4.78, 5) is 33.3. The fourth-order valence-electron chi connectivity index (χ4n) is 3.42. The molecule has 0 aromatic carbocycles. The van der Waals surface area contributed by atoms with E-state index in [9.17, 15) is 40.0 Å². The monoisotopic (exact) mass is 520 g/mol. The molecule has 35 heavy (non-hydrogen) atoms. The number of hydrogen-bond acceptors (Lipinski definition) is 6. The molecular formula is C21H21F5N4O4S. The zero-order chi connectivity index (χ0) is 26.3. The number of pyridine rings is 2. The van der Waals surface area contributed by atoms with E-state index in [0.29, 0.717) is 4.90 Å². The van der Waals surface area contributed by atoms with Crippen molar-refractivity contribution in [3.05, 3.63) is 30.1 Å². The highest BCUT2D eigenvalue weighted by molar-refractivity contribution is 7.91. The lowest BCUT2D eigenvalue weighted by molar-refractivity contribution is -0.276. The first-order valence-corrected chi connectivity index (χ1v) is 12.0. The van der Waals surface area contributed by atoms with Crippen LogP contribution in [0.25, 0.3) is 11.4 Å². The van der Waals surface area contributed by atoms with Crippen LogP contribution >= 0.6 is 0 Å². The predicted octanol–water partition coefficient (Wildman–Crippen LogP) is 3.40. The number of alkyl halides is 5. The molecule has 0 unspecified atom stereocenters. The summed E-state index contributed by atoms with van der Waals surface area (Å²) >= 11 is 0. The molecule has 1 aliphatic rings. The topological polar surface area (TPSA) is 101 Å². The van der Waals surface area contributed by atoms with Gasteiger partial charge in [0, 0.05) is 20.4 Å². The van der Waals surface area contributed by atoms with Crippen LogP contribution in [0.3, 0.4) is 0 Å². The van der Waals surface area contributed by atoms with Gasteiger partial charge in [-0.15, -0.1) is 0 Å². The highest BCUT2D eigenvalue weighted by Crippen LogP contribution is 2.39. The molecule has 0 fully saturated rings. The first kappa shape index (κ1) is 26.4. The number of aryl methyl sites for hydroxylation is 1. The van der Waals surface area contributed by atoms with Gasteiger partial charge in [-0.1, -0.05) is 6.92 Å². The Kier molecular flexibility index (Phi) is 6.90. The Morgan fingerprint density at radius 1 is 1.11 bits per heavy atom. The second kappa shape index (κ2) is 9.13. The van der Waals surface area contributed by atoms with Gasteiger partial charge in [-0.05, 0) is 24.1 Å². The molecule has 190 valence electrons. The second-order valence-electron chi connectivity index (χ2n) is 7.90. The lowest BCUT2D eigenvalue weighted by Crippen LogP contribution is -2.50. The van der Waals surface area contributed by atoms with Crippen molar-refractivity contribution in [2.24, 2.45) is 0 Å². The Morgan fingerprint density at radius 2 is 1.77 bits per heavy atom. The molecule has 0 saturated heterocycles. The van der Waals surface area contributed by atoms with Crippen LogP contribution in [0.1, 0.15) is 25.8 Å². The number of carbonyl (C=O) groups is 2. The van der Waals surface area contributed by atoms with Crippen LogP contribution in [-0.2, 0) is 25.8 Å². The fourth-order valence-corrected chi connectivity index (χ4v) is 4.48. The SMILES string of the molecule is CCS(=O)(=O)c1cc(N(C)C(C)=O)cnc1-c1cc2c(cn1)N(CC(F)(F)C(F)(F)F)C(=O)CC2. The molecule has 2 aromatic heterocycles. The Bertz CT molecular complexity index is 1280. The summed E-state index contributed by atoms with van der Waals surface area (Å²) in [6, 6.07) is 2.56. The maximum atomic E-state index is 13.7. The number of aromatic nitrogens is 2. The van der Waals surface area contributed by atoms with Crippen molar-refractivity contribution in [1.29, 1.82) is 0 Å². The van der Waals surface area contributed by atoms with Crippen LogP contribution in [0.15, 0.2) is 29.4 Å². The number of fused-ring (bicyclic) bond motifs is 1. The van der Waals surface area contributed by atoms with Crippen molar-refractivity contribution in [3.63, 3.8) is 0 Å². The van der Waals surface area contributed by atoms with Crippen LogP contribution in [0, 0.1) is 0 Å². The standard InChI is InChI=1S/C21H21F5N4O4S/c1-4-35(33,34)17-8-14(29(3)12(2)31)9-28-19(17)15-7-13-5-6-18(32)30(16(13)10-27-15)11-20(22,23)21(24,25)26/h7-10H,4-6,11H2,1-3H3. The molecule has 8 nitrogen and oxygen atoms in total. The predicted molar refractivity (Wildman–Crippen MR) is 116 cm³/mol. The summed E-state index contributed by atoms with van der Waals surface area (Å²) in [6.07, 6.45) is -3.93. The van der Waals surface area contributed by atoms with Crippen molar-refractivity contribution in [2.45, 2.75) is 43.7 Å². The van der Waals surface area contributed by atoms with E-state index < -0.39 is 34.4 Å². The average molecular weight is 520 g/mol. The van der Waals surface area contributed by atoms with Gasteiger partial charge in [0.15, 0.2) is 9.84 Å². The van der Waals surface area contributed by atoms with E-state index in [1.165, 1.54) is 44.1 Å². The number of hydrogen-bond donors (Lipinski definition) is 0. The normalized spacial score (nSPS) is 14.6. The number of rotatable bonds is 6. The quantitative estimate of drug-likeness (QED) is 0.542. The van der Waals surface area contributed by atoms with E-state index in [0.717, 1.165) is 6.20 Å². The Hall–Kier alpha value is -3.16. The third-order valence-electron chi connectivity index (χ3n) is 5.59. The van der Waals surface area contributed by atoms with Gasteiger partial charge < -0.3 is 9.80 Å². The number of sulfone groups is 1. The molecule has 2 aromatic rings. The van der Waals surface area contributed by atoms with E-state index in [4.69, 9.17) is 0 Å². The number of amides is 2. The molecule has 14 heteroatoms. The molecule has 0 radical (unpaired) electrons. The molecule has 3 heterocycles. The summed E-state index contributed by atoms with van der Waals surface area (Å²) in [5.41, 5.74) is 0.155. The number of halogens is 5. The van der Waals surface area contributed by atoms with Gasteiger partial charge in [-0.3, -0.25) is 19.6 Å². The molecular weight excluding hydrogens is 499 g/mol. The van der Waals surface area contributed by atoms with Crippen molar-refractivity contribution in [3.8, 4) is 11.4 Å². The van der Waals surface area contributed by atoms with Gasteiger partial charge in [0.1, 0.15) is 5.69 Å². The molecule has 0 aliphatic carbocycles. The van der Waals surface area contributed by atoms with E-state index in [-0.39, 0.29) is 57.7 Å². The molecule has 0 bridgehead atoms. The third-order valence-corrected chi connectivity index (χ3v) is 7.33. The number of anilines is 2. The van der Waals surface area contributed by atoms with Crippen LogP contribution in [0.5, 0.6) is 0 Å². The summed E-state index contributed by atoms with van der Waals surface area (Å²) in [5, 5.41) is 0. The first-order chi connectivity index (χ1) is 16.1. The third kappa shape index (κ3) is 5.11. The molecule has 1 aliphatic heterocycles. The molecule has 2 amide bonds. The zero-order valence-corrected chi connectivity index (χ0v) is 19.7. The maximum Gasteiger partial charge on any atom is 0.455 e. The van der Waals surface area contributed by atoms with Crippen LogP contribution in [0.4, 0.5) is 33.3 Å². The van der Waals surface area contributed by atoms with E-state index in [1.807, 2.05) is 0 Å². The van der Waals surface area contributed by atoms with Crippen molar-refractivity contribution in [1.82, 2.24) is 9.97 Å². The molecule has 3 rings (SSSR count). The zero-order valence-electron chi connectivity index (χ0n) is 18.9. The summed E-state index contributed by atoms with van der Waals surface area (Å²) in [6.45, 7) is 0.788. The number of carbonyl (C=O) groups excluding carboxylic acids is 2. The van der Waals surface area contributed by atoms with Gasteiger partial charge >= 0.3 is 12.1 Å². The number of nitrogens with zero attached hydrogens (tertiary/aromatic N) is 4. The second-order valence-corrected chi connectivity index (χ2v) is 10.1. The maximum absolute atomic E-state index is 13.7. The van der Waals surface area contributed by atoms with Gasteiger partial charge in [-0.25, -0.2) is 8.42 Å². The van der Waals surface area contributed by atoms with E-state index in [1.54, 1.807) is 0 Å². The van der Waals surface area contributed by atoms with Gasteiger partial charge in [0.05, 0.1) is 46.7 Å². The van der Waals surface area contributed by atoms with E-state index in [2.05, 4.69) is 9.97 Å². The largest absolute Gasteiger partial charge is 0.455 e. The summed E-state index contributed by atoms with van der Waals surface area (Å²) in [7, 11) is -2.44. The molecule has 0 N–H and O–H groups in total. The van der Waals surface area contributed by atoms with Crippen molar-refractivity contribution in [2.75, 3.05) is 29.1 Å². The molecule has 0 spiro atoms. The van der Waals surface area contributed by atoms with E-state index >= 15 is 0 Å². The lowest BCUT2D eigenvalue weighted by Gasteiger charge is -2.32. The minimum atomic E-state index is -5.85. The Balaban J connectivity index is 2.10. The van der Waals surface area contributed by atoms with Crippen LogP contribution in [0.2, 0.25) is 0 Å². The minimum absolute atomic E-state index is 0.0182. The first-order valence-electron chi connectivity index (χ1n) is 10.3. The Morgan fingerprint density at radius 3 is 2.34 bits per heavy atom. The fraction of sp³-hybridized carbons (Fsp3) is 0.429. The molecule has 0 atom stereocenters. The average Bonchev–Trinajstić information content (AvgIpc) is 2.78. The van der Waals surface area contributed by atoms with Crippen molar-refractivity contribution >= 4 is 33.0 Å². The van der Waals surface area contributed by atoms with Gasteiger partial charge in [-0.2, -0.15) is 22.0 Å². The molecule has 0 saturated carbocycles.